The van der Waals surface area contributed by atoms with Crippen LogP contribution < -0.4 is 5.43 Å². The Bertz CT molecular complexity index is 1060. The van der Waals surface area contributed by atoms with Gasteiger partial charge >= 0.3 is 6.18 Å². The zero-order valence-electron chi connectivity index (χ0n) is 14.0. The lowest BCUT2D eigenvalue weighted by Crippen LogP contribution is -2.29. The van der Waals surface area contributed by atoms with Crippen LogP contribution in [0.25, 0.3) is 5.65 Å². The molecule has 0 aromatic carbocycles. The van der Waals surface area contributed by atoms with Gasteiger partial charge in [0.1, 0.15) is 11.4 Å². The molecule has 16 heteroatoms. The molecule has 0 aliphatic rings. The number of aromatic nitrogens is 6. The smallest absolute Gasteiger partial charge is 0.266 e. The molecule has 0 atom stereocenters. The Balaban J connectivity index is 2.03. The average Bonchev–Trinajstić information content (AvgIpc) is 3.23. The molecule has 3 aromatic rings. The normalized spacial score (nSPS) is 12.3. The maximum atomic E-state index is 13.2. The third-order valence-electron chi connectivity index (χ3n) is 3.44. The molecular weight excluding hydrogens is 435 g/mol. The predicted octanol–water partition coefficient (Wildman–Crippen LogP) is 3.32. The topological polar surface area (TPSA) is 90.0 Å². The number of alkyl halides is 7. The number of amides is 1. The Labute approximate surface area is 160 Å². The van der Waals surface area contributed by atoms with E-state index in [1.54, 1.807) is 0 Å². The van der Waals surface area contributed by atoms with Gasteiger partial charge in [0, 0.05) is 6.07 Å². The van der Waals surface area contributed by atoms with E-state index in [4.69, 9.17) is 0 Å². The molecule has 1 N–H and O–H groups in total. The molecule has 1 amide bonds. The molecule has 3 heterocycles. The maximum absolute atomic E-state index is 13.2. The summed E-state index contributed by atoms with van der Waals surface area (Å²) in [5.74, 6) is -2.79. The zero-order chi connectivity index (χ0) is 21.5. The van der Waals surface area contributed by atoms with Crippen molar-refractivity contribution in [3.63, 3.8) is 0 Å². The summed E-state index contributed by atoms with van der Waals surface area (Å²) in [5, 5.41) is 9.45. The fourth-order valence-corrected chi connectivity index (χ4v) is 2.68. The van der Waals surface area contributed by atoms with Crippen LogP contribution in [-0.4, -0.2) is 41.6 Å². The van der Waals surface area contributed by atoms with Gasteiger partial charge in [-0.25, -0.2) is 31.7 Å². The Morgan fingerprint density at radius 2 is 1.83 bits per heavy atom. The minimum Gasteiger partial charge on any atom is -0.266 e. The minimum absolute atomic E-state index is 0.253. The van der Waals surface area contributed by atoms with Crippen molar-refractivity contribution in [1.82, 2.24) is 29.5 Å². The predicted molar refractivity (Wildman–Crippen MR) is 83.4 cm³/mol. The first-order chi connectivity index (χ1) is 13.5. The second-order valence-electron chi connectivity index (χ2n) is 5.29. The fourth-order valence-electron chi connectivity index (χ4n) is 2.24. The summed E-state index contributed by atoms with van der Waals surface area (Å²) in [6, 6.07) is 1.20. The largest absolute Gasteiger partial charge is 0.453 e. The second kappa shape index (κ2) is 7.49. The van der Waals surface area contributed by atoms with Crippen LogP contribution in [0.4, 0.5) is 30.7 Å². The van der Waals surface area contributed by atoms with Crippen molar-refractivity contribution in [2.45, 2.75) is 24.2 Å². The number of nitrogens with one attached hydrogen (secondary N) is 1. The summed E-state index contributed by atoms with van der Waals surface area (Å²) in [4.78, 5) is 15.8. The van der Waals surface area contributed by atoms with Crippen molar-refractivity contribution >= 4 is 23.3 Å². The summed E-state index contributed by atoms with van der Waals surface area (Å²) >= 11 is 0.740. The number of hydrogen-bond acceptors (Lipinski definition) is 6. The molecule has 0 fully saturated rings. The van der Waals surface area contributed by atoms with Crippen LogP contribution in [0.1, 0.15) is 40.6 Å². The van der Waals surface area contributed by atoms with E-state index in [1.165, 1.54) is 6.26 Å². The van der Waals surface area contributed by atoms with Crippen molar-refractivity contribution in [2.24, 2.45) is 0 Å². The van der Waals surface area contributed by atoms with Crippen LogP contribution in [0, 0.1) is 0 Å². The van der Waals surface area contributed by atoms with E-state index < -0.39 is 53.5 Å². The second-order valence-corrected chi connectivity index (χ2v) is 6.06. The molecule has 8 nitrogen and oxygen atoms in total. The third-order valence-corrected chi connectivity index (χ3v) is 4.07. The van der Waals surface area contributed by atoms with Crippen molar-refractivity contribution in [3.05, 3.63) is 35.0 Å². The van der Waals surface area contributed by atoms with Crippen molar-refractivity contribution in [1.29, 1.82) is 0 Å². The number of thioether (sulfide) groups is 1. The first-order valence-corrected chi connectivity index (χ1v) is 8.60. The number of hydrogen-bond donors (Lipinski definition) is 1. The number of fused-ring (bicyclic) bond motifs is 1. The molecule has 0 aliphatic carbocycles. The van der Waals surface area contributed by atoms with E-state index in [1.807, 2.05) is 5.43 Å². The first-order valence-electron chi connectivity index (χ1n) is 7.37. The molecule has 0 saturated carbocycles. The van der Waals surface area contributed by atoms with Gasteiger partial charge < -0.3 is 0 Å². The van der Waals surface area contributed by atoms with Gasteiger partial charge in [0.05, 0.1) is 0 Å². The summed E-state index contributed by atoms with van der Waals surface area (Å²) < 4.78 is 91.8. The monoisotopic (exact) mass is 443 g/mol. The number of carbonyl (C=O) groups excluding carboxylic acids is 1. The van der Waals surface area contributed by atoms with E-state index in [0.29, 0.717) is 10.6 Å². The lowest BCUT2D eigenvalue weighted by atomic mass is 10.3. The lowest BCUT2D eigenvalue weighted by Gasteiger charge is -2.11. The number of carbonyl (C=O) groups is 1. The highest BCUT2D eigenvalue weighted by Crippen LogP contribution is 2.29. The highest BCUT2D eigenvalue weighted by Gasteiger charge is 2.39. The molecule has 3 rings (SSSR count). The Hall–Kier alpha value is -2.91. The molecule has 0 radical (unpaired) electrons. The average molecular weight is 443 g/mol. The summed E-state index contributed by atoms with van der Waals surface area (Å²) in [7, 11) is 0. The van der Waals surface area contributed by atoms with Gasteiger partial charge in [0.15, 0.2) is 11.3 Å². The van der Waals surface area contributed by atoms with E-state index in [-0.39, 0.29) is 9.83 Å². The standard InChI is InChI=1S/C13H8F7N7OS/c1-29-12-23-22-11(13(18,19)20)27(12)25-10(28)5-3-7-21-4(8(14)15)2-6(9(16)17)26(7)24-5/h2-3,8-9H,1H3,(H,25,28). The van der Waals surface area contributed by atoms with Crippen molar-refractivity contribution < 1.29 is 35.5 Å². The summed E-state index contributed by atoms with van der Waals surface area (Å²) in [6.45, 7) is 0. The van der Waals surface area contributed by atoms with E-state index in [9.17, 15) is 35.5 Å². The van der Waals surface area contributed by atoms with Gasteiger partial charge in [0.25, 0.3) is 24.6 Å². The molecule has 0 unspecified atom stereocenters. The van der Waals surface area contributed by atoms with Gasteiger partial charge in [-0.3, -0.25) is 10.2 Å². The number of halogens is 7. The Kier molecular flexibility index (Phi) is 5.38. The van der Waals surface area contributed by atoms with Gasteiger partial charge in [0.2, 0.25) is 5.16 Å². The van der Waals surface area contributed by atoms with Crippen LogP contribution in [0.3, 0.4) is 0 Å². The highest BCUT2D eigenvalue weighted by atomic mass is 32.2. The Morgan fingerprint density at radius 3 is 2.38 bits per heavy atom. The fraction of sp³-hybridized carbons (Fsp3) is 0.308. The summed E-state index contributed by atoms with van der Waals surface area (Å²) in [5.41, 5.74) is -1.23. The van der Waals surface area contributed by atoms with Gasteiger partial charge in [-0.2, -0.15) is 18.3 Å². The molecule has 0 bridgehead atoms. The lowest BCUT2D eigenvalue weighted by molar-refractivity contribution is -0.146. The molecule has 29 heavy (non-hydrogen) atoms. The first kappa shape index (κ1) is 20.8. The molecule has 156 valence electrons. The Morgan fingerprint density at radius 1 is 1.14 bits per heavy atom. The van der Waals surface area contributed by atoms with E-state index >= 15 is 0 Å². The molecule has 0 aliphatic heterocycles. The van der Waals surface area contributed by atoms with E-state index in [0.717, 1.165) is 17.8 Å². The number of nitrogens with zero attached hydrogens (tertiary/aromatic N) is 6. The zero-order valence-corrected chi connectivity index (χ0v) is 14.8. The minimum atomic E-state index is -4.95. The summed E-state index contributed by atoms with van der Waals surface area (Å²) in [6.07, 6.45) is -9.97. The van der Waals surface area contributed by atoms with Crippen LogP contribution in [-0.2, 0) is 6.18 Å². The molecule has 0 spiro atoms. The quantitative estimate of drug-likeness (QED) is 0.481. The van der Waals surface area contributed by atoms with Crippen LogP contribution in [0.15, 0.2) is 17.3 Å². The highest BCUT2D eigenvalue weighted by molar-refractivity contribution is 7.98. The van der Waals surface area contributed by atoms with E-state index in [2.05, 4.69) is 20.3 Å². The maximum Gasteiger partial charge on any atom is 0.453 e. The molecular formula is C13H8F7N7OS. The van der Waals surface area contributed by atoms with Crippen LogP contribution in [0.2, 0.25) is 0 Å². The van der Waals surface area contributed by atoms with Crippen LogP contribution in [0.5, 0.6) is 0 Å². The van der Waals surface area contributed by atoms with Gasteiger partial charge in [-0.05, 0) is 12.3 Å². The number of rotatable bonds is 5. The molecule has 3 aromatic heterocycles. The SMILES string of the molecule is CSc1nnc(C(F)(F)F)n1NC(=O)c1cc2nc(C(F)F)cc(C(F)F)n2n1. The van der Waals surface area contributed by atoms with Crippen molar-refractivity contribution in [3.8, 4) is 0 Å². The van der Waals surface area contributed by atoms with Crippen molar-refractivity contribution in [2.75, 3.05) is 11.7 Å². The van der Waals surface area contributed by atoms with Gasteiger partial charge in [-0.15, -0.1) is 10.2 Å². The van der Waals surface area contributed by atoms with Gasteiger partial charge in [-0.1, -0.05) is 11.8 Å². The third kappa shape index (κ3) is 3.96. The van der Waals surface area contributed by atoms with Crippen LogP contribution >= 0.6 is 11.8 Å². The molecule has 0 saturated heterocycles.